The highest BCUT2D eigenvalue weighted by atomic mass is 79.9. The van der Waals surface area contributed by atoms with E-state index < -0.39 is 23.1 Å². The van der Waals surface area contributed by atoms with Crippen LogP contribution in [0.2, 0.25) is 0 Å². The minimum Gasteiger partial charge on any atom is -0.377 e. The van der Waals surface area contributed by atoms with Gasteiger partial charge in [0.1, 0.15) is 17.2 Å². The van der Waals surface area contributed by atoms with Crippen molar-refractivity contribution in [3.63, 3.8) is 0 Å². The molecule has 0 spiro atoms. The predicted octanol–water partition coefficient (Wildman–Crippen LogP) is 2.98. The molecule has 104 valence electrons. The minimum atomic E-state index is -0.852. The maximum Gasteiger partial charge on any atom is 0.259 e. The molecular weight excluding hydrogens is 320 g/mol. The summed E-state index contributed by atoms with van der Waals surface area (Å²) in [7, 11) is 0. The van der Waals surface area contributed by atoms with Gasteiger partial charge in [0.15, 0.2) is 0 Å². The second-order valence-corrected chi connectivity index (χ2v) is 5.45. The highest BCUT2D eigenvalue weighted by Gasteiger charge is 2.26. The normalized spacial score (nSPS) is 20.2. The summed E-state index contributed by atoms with van der Waals surface area (Å²) in [6, 6.07) is 2.18. The molecule has 0 radical (unpaired) electrons. The SMILES string of the molecule is CC1CN(C(=O)c2c(F)cc(Br)cc2F)CCCO1. The lowest BCUT2D eigenvalue weighted by molar-refractivity contribution is 0.0557. The number of benzene rings is 1. The number of amides is 1. The smallest absolute Gasteiger partial charge is 0.259 e. The van der Waals surface area contributed by atoms with Crippen molar-refractivity contribution in [1.82, 2.24) is 4.90 Å². The molecule has 1 fully saturated rings. The summed E-state index contributed by atoms with van der Waals surface area (Å²) in [6.07, 6.45) is 0.531. The quantitative estimate of drug-likeness (QED) is 0.790. The zero-order chi connectivity index (χ0) is 14.0. The molecule has 0 N–H and O–H groups in total. The predicted molar refractivity (Wildman–Crippen MR) is 70.0 cm³/mol. The zero-order valence-electron chi connectivity index (χ0n) is 10.5. The molecule has 6 heteroatoms. The molecule has 3 nitrogen and oxygen atoms in total. The Morgan fingerprint density at radius 3 is 2.68 bits per heavy atom. The molecule has 19 heavy (non-hydrogen) atoms. The summed E-state index contributed by atoms with van der Waals surface area (Å²) in [6.45, 7) is 3.17. The fourth-order valence-electron chi connectivity index (χ4n) is 2.08. The van der Waals surface area contributed by atoms with Crippen LogP contribution in [0.1, 0.15) is 23.7 Å². The molecule has 0 aliphatic carbocycles. The van der Waals surface area contributed by atoms with Crippen LogP contribution in [0.4, 0.5) is 8.78 Å². The number of carbonyl (C=O) groups is 1. The van der Waals surface area contributed by atoms with Gasteiger partial charge in [-0.3, -0.25) is 4.79 Å². The van der Waals surface area contributed by atoms with E-state index in [1.807, 2.05) is 6.92 Å². The molecule has 1 unspecified atom stereocenters. The molecule has 0 saturated carbocycles. The van der Waals surface area contributed by atoms with Gasteiger partial charge in [0.05, 0.1) is 6.10 Å². The number of ether oxygens (including phenoxy) is 1. The number of halogens is 3. The Kier molecular flexibility index (Phi) is 4.52. The van der Waals surface area contributed by atoms with Crippen molar-refractivity contribution >= 4 is 21.8 Å². The highest BCUT2D eigenvalue weighted by Crippen LogP contribution is 2.21. The van der Waals surface area contributed by atoms with E-state index in [2.05, 4.69) is 15.9 Å². The van der Waals surface area contributed by atoms with Crippen LogP contribution in [0.25, 0.3) is 0 Å². The number of carbonyl (C=O) groups excluding carboxylic acids is 1. The van der Waals surface area contributed by atoms with Crippen molar-refractivity contribution in [2.45, 2.75) is 19.4 Å². The van der Waals surface area contributed by atoms with E-state index in [1.54, 1.807) is 0 Å². The van der Waals surface area contributed by atoms with Gasteiger partial charge in [0.25, 0.3) is 5.91 Å². The van der Waals surface area contributed by atoms with Gasteiger partial charge in [0, 0.05) is 24.2 Å². The van der Waals surface area contributed by atoms with E-state index in [0.717, 1.165) is 12.1 Å². The van der Waals surface area contributed by atoms with Crippen molar-refractivity contribution in [3.8, 4) is 0 Å². The van der Waals surface area contributed by atoms with Crippen molar-refractivity contribution < 1.29 is 18.3 Å². The Bertz CT molecular complexity index is 473. The molecule has 0 bridgehead atoms. The summed E-state index contributed by atoms with van der Waals surface area (Å²) in [4.78, 5) is 13.7. The van der Waals surface area contributed by atoms with E-state index in [4.69, 9.17) is 4.74 Å². The summed E-state index contributed by atoms with van der Waals surface area (Å²) >= 11 is 2.99. The Hall–Kier alpha value is -1.01. The third-order valence-electron chi connectivity index (χ3n) is 2.96. The van der Waals surface area contributed by atoms with Crippen LogP contribution in [0.15, 0.2) is 16.6 Å². The first-order valence-corrected chi connectivity index (χ1v) is 6.83. The van der Waals surface area contributed by atoms with Crippen molar-refractivity contribution in [2.24, 2.45) is 0 Å². The largest absolute Gasteiger partial charge is 0.377 e. The van der Waals surface area contributed by atoms with Crippen LogP contribution < -0.4 is 0 Å². The monoisotopic (exact) mass is 333 g/mol. The first kappa shape index (κ1) is 14.4. The van der Waals surface area contributed by atoms with Crippen molar-refractivity contribution in [2.75, 3.05) is 19.7 Å². The fourth-order valence-corrected chi connectivity index (χ4v) is 2.49. The molecule has 1 saturated heterocycles. The molecule has 1 aromatic carbocycles. The van der Waals surface area contributed by atoms with Crippen LogP contribution >= 0.6 is 15.9 Å². The van der Waals surface area contributed by atoms with Gasteiger partial charge < -0.3 is 9.64 Å². The lowest BCUT2D eigenvalue weighted by atomic mass is 10.1. The molecule has 1 aliphatic rings. The van der Waals surface area contributed by atoms with E-state index in [1.165, 1.54) is 4.90 Å². The molecule has 1 aromatic rings. The number of hydrogen-bond donors (Lipinski definition) is 0. The second-order valence-electron chi connectivity index (χ2n) is 4.53. The topological polar surface area (TPSA) is 29.5 Å². The Morgan fingerprint density at radius 1 is 1.42 bits per heavy atom. The average Bonchev–Trinajstić information content (AvgIpc) is 2.52. The highest BCUT2D eigenvalue weighted by molar-refractivity contribution is 9.10. The molecule has 2 rings (SSSR count). The average molecular weight is 334 g/mol. The van der Waals surface area contributed by atoms with Crippen LogP contribution in [0, 0.1) is 11.6 Å². The Morgan fingerprint density at radius 2 is 2.05 bits per heavy atom. The van der Waals surface area contributed by atoms with Gasteiger partial charge in [-0.1, -0.05) is 15.9 Å². The van der Waals surface area contributed by atoms with Gasteiger partial charge in [-0.15, -0.1) is 0 Å². The minimum absolute atomic E-state index is 0.131. The lowest BCUT2D eigenvalue weighted by Gasteiger charge is -2.22. The second kappa shape index (κ2) is 5.96. The fraction of sp³-hybridized carbons (Fsp3) is 0.462. The summed E-state index contributed by atoms with van der Waals surface area (Å²) in [5.41, 5.74) is -0.502. The van der Waals surface area contributed by atoms with Gasteiger partial charge in [-0.05, 0) is 25.5 Å². The molecule has 1 heterocycles. The van der Waals surface area contributed by atoms with Gasteiger partial charge in [-0.25, -0.2) is 8.78 Å². The van der Waals surface area contributed by atoms with Gasteiger partial charge in [-0.2, -0.15) is 0 Å². The van der Waals surface area contributed by atoms with E-state index in [9.17, 15) is 13.6 Å². The van der Waals surface area contributed by atoms with E-state index >= 15 is 0 Å². The number of hydrogen-bond acceptors (Lipinski definition) is 2. The summed E-state index contributed by atoms with van der Waals surface area (Å²) < 4.78 is 33.2. The van der Waals surface area contributed by atoms with E-state index in [0.29, 0.717) is 26.1 Å². The van der Waals surface area contributed by atoms with Crippen LogP contribution in [-0.4, -0.2) is 36.6 Å². The van der Waals surface area contributed by atoms with Crippen molar-refractivity contribution in [3.05, 3.63) is 33.8 Å². The molecule has 1 atom stereocenters. The van der Waals surface area contributed by atoms with Crippen LogP contribution in [-0.2, 0) is 4.74 Å². The molecule has 1 aliphatic heterocycles. The summed E-state index contributed by atoms with van der Waals surface area (Å²) in [5, 5.41) is 0. The van der Waals surface area contributed by atoms with Crippen molar-refractivity contribution in [1.29, 1.82) is 0 Å². The first-order valence-electron chi connectivity index (χ1n) is 6.04. The third kappa shape index (κ3) is 3.30. The van der Waals surface area contributed by atoms with Crippen LogP contribution in [0.5, 0.6) is 0 Å². The van der Waals surface area contributed by atoms with Gasteiger partial charge in [0.2, 0.25) is 0 Å². The van der Waals surface area contributed by atoms with Gasteiger partial charge >= 0.3 is 0 Å². The lowest BCUT2D eigenvalue weighted by Crippen LogP contribution is -2.36. The Labute approximate surface area is 118 Å². The number of rotatable bonds is 1. The third-order valence-corrected chi connectivity index (χ3v) is 3.42. The maximum atomic E-state index is 13.8. The standard InChI is InChI=1S/C13H14BrF2NO2/c1-8-7-17(3-2-4-19-8)13(18)12-10(15)5-9(14)6-11(12)16/h5-6,8H,2-4,7H2,1H3. The maximum absolute atomic E-state index is 13.8. The molecular formula is C13H14BrF2NO2. The first-order chi connectivity index (χ1) is 8.99. The van der Waals surface area contributed by atoms with Crippen LogP contribution in [0.3, 0.4) is 0 Å². The van der Waals surface area contributed by atoms with E-state index in [-0.39, 0.29) is 10.6 Å². The zero-order valence-corrected chi connectivity index (χ0v) is 12.0. The summed E-state index contributed by atoms with van der Waals surface area (Å²) in [5.74, 6) is -2.33. The molecule has 0 aromatic heterocycles. The molecule has 1 amide bonds. The Balaban J connectivity index is 2.28. The number of nitrogens with zero attached hydrogens (tertiary/aromatic N) is 1.